The second-order valence-corrected chi connectivity index (χ2v) is 13.2. The van der Waals surface area contributed by atoms with Crippen molar-refractivity contribution in [3.05, 3.63) is 83.8 Å². The van der Waals surface area contributed by atoms with Gasteiger partial charge in [0.2, 0.25) is 6.79 Å². The summed E-state index contributed by atoms with van der Waals surface area (Å²) in [5.74, 6) is 0.117. The molecule has 2 amide bonds. The molecule has 15 nitrogen and oxygen atoms in total. The number of aryl methyl sites for hydroxylation is 1. The molecule has 55 heavy (non-hydrogen) atoms. The molecule has 0 atom stereocenters. The van der Waals surface area contributed by atoms with Crippen molar-refractivity contribution in [2.24, 2.45) is 17.8 Å². The van der Waals surface area contributed by atoms with E-state index in [4.69, 9.17) is 29.7 Å². The number of hydrogen-bond acceptors (Lipinski definition) is 11. The minimum Gasteiger partial charge on any atom is -0.448 e. The Morgan fingerprint density at radius 1 is 0.945 bits per heavy atom. The molecule has 2 heterocycles. The standard InChI is InChI=1S/C40H49N7O8/c1-3-4-5-11-24-52-39(50)45-37(41)28-15-18-30(19-16-28)43-26-35-44-32-25-29(17-20-33(32)46(35)2)38(49)47(34-14-9-10-22-42-34)23-21-36(48)53-27-54-40(51)55-31-12-7-6-8-13-31/h9-10,14-20,22,25,31,43H,3-8,11-13,21,23-24,26-27H2,1-2H3,(H2,41,45,50). The van der Waals surface area contributed by atoms with Crippen molar-refractivity contribution in [2.45, 2.75) is 83.8 Å². The zero-order valence-corrected chi connectivity index (χ0v) is 31.4. The number of aliphatic imine (C=N–C) groups is 1. The molecule has 0 bridgehead atoms. The maximum absolute atomic E-state index is 13.9. The highest BCUT2D eigenvalue weighted by Crippen LogP contribution is 2.23. The fraction of sp³-hybridized carbons (Fsp3) is 0.425. The molecule has 1 saturated carbocycles. The Morgan fingerprint density at radius 3 is 2.47 bits per heavy atom. The number of unbranched alkanes of at least 4 members (excludes halogenated alkanes) is 3. The number of fused-ring (bicyclic) bond motifs is 1. The molecular formula is C40H49N7O8. The van der Waals surface area contributed by atoms with E-state index in [0.717, 1.165) is 74.8 Å². The summed E-state index contributed by atoms with van der Waals surface area (Å²) in [7, 11) is 1.89. The van der Waals surface area contributed by atoms with Gasteiger partial charge in [-0.3, -0.25) is 14.5 Å². The highest BCUT2D eigenvalue weighted by molar-refractivity contribution is 6.07. The highest BCUT2D eigenvalue weighted by Gasteiger charge is 2.23. The van der Waals surface area contributed by atoms with E-state index in [9.17, 15) is 19.2 Å². The summed E-state index contributed by atoms with van der Waals surface area (Å²) in [6, 6.07) is 17.6. The summed E-state index contributed by atoms with van der Waals surface area (Å²) >= 11 is 0. The molecule has 1 aliphatic rings. The van der Waals surface area contributed by atoms with Crippen LogP contribution in [0.1, 0.15) is 92.9 Å². The Balaban J connectivity index is 1.16. The molecule has 292 valence electrons. The predicted molar refractivity (Wildman–Crippen MR) is 207 cm³/mol. The van der Waals surface area contributed by atoms with Crippen molar-refractivity contribution in [3.8, 4) is 0 Å². The number of nitrogens with one attached hydrogen (secondary N) is 1. The zero-order chi connectivity index (χ0) is 39.0. The van der Waals surface area contributed by atoms with Gasteiger partial charge in [0.15, 0.2) is 0 Å². The summed E-state index contributed by atoms with van der Waals surface area (Å²) in [6.07, 6.45) is 8.34. The largest absolute Gasteiger partial charge is 0.511 e. The number of pyridine rings is 1. The first kappa shape index (κ1) is 40.2. The van der Waals surface area contributed by atoms with Crippen molar-refractivity contribution in [1.82, 2.24) is 14.5 Å². The summed E-state index contributed by atoms with van der Waals surface area (Å²) in [4.78, 5) is 64.8. The number of benzene rings is 2. The number of hydrogen-bond donors (Lipinski definition) is 2. The van der Waals surface area contributed by atoms with Gasteiger partial charge < -0.3 is 34.6 Å². The van der Waals surface area contributed by atoms with Crippen molar-refractivity contribution in [3.63, 3.8) is 0 Å². The normalized spacial score (nSPS) is 13.2. The minimum atomic E-state index is -0.871. The maximum Gasteiger partial charge on any atom is 0.511 e. The summed E-state index contributed by atoms with van der Waals surface area (Å²) < 4.78 is 22.4. The van der Waals surface area contributed by atoms with Gasteiger partial charge in [-0.25, -0.2) is 19.6 Å². The number of aromatic nitrogens is 3. The molecule has 0 aliphatic heterocycles. The van der Waals surface area contributed by atoms with Gasteiger partial charge in [0, 0.05) is 36.6 Å². The van der Waals surface area contributed by atoms with Crippen LogP contribution in [0.5, 0.6) is 0 Å². The molecule has 2 aromatic heterocycles. The number of rotatable bonds is 17. The lowest BCUT2D eigenvalue weighted by atomic mass is 9.98. The molecule has 0 radical (unpaired) electrons. The quantitative estimate of drug-likeness (QED) is 0.0280. The van der Waals surface area contributed by atoms with Crippen LogP contribution in [0.3, 0.4) is 0 Å². The number of nitrogens with zero attached hydrogens (tertiary/aromatic N) is 5. The van der Waals surface area contributed by atoms with E-state index in [-0.39, 0.29) is 30.8 Å². The first-order chi connectivity index (χ1) is 26.7. The molecule has 1 fully saturated rings. The topological polar surface area (TPSA) is 190 Å². The molecule has 0 spiro atoms. The Labute approximate surface area is 320 Å². The minimum absolute atomic E-state index is 0.0316. The third-order valence-corrected chi connectivity index (χ3v) is 9.21. The number of amidine groups is 1. The Hall–Kier alpha value is -5.99. The maximum atomic E-state index is 13.9. The smallest absolute Gasteiger partial charge is 0.448 e. The van der Waals surface area contributed by atoms with Crippen LogP contribution in [0.25, 0.3) is 11.0 Å². The first-order valence-corrected chi connectivity index (χ1v) is 18.7. The van der Waals surface area contributed by atoms with Crippen LogP contribution in [0.15, 0.2) is 71.9 Å². The SMILES string of the molecule is CCCCCCOC(=O)/N=C(/N)c1ccc(NCc2nc3cc(C(=O)N(CCC(=O)OCOC(=O)OC4CCCCC4)c4ccccn4)ccc3n2C)cc1. The van der Waals surface area contributed by atoms with Crippen LogP contribution in [0.4, 0.5) is 21.1 Å². The second kappa shape index (κ2) is 20.5. The molecule has 15 heteroatoms. The van der Waals surface area contributed by atoms with Crippen LogP contribution in [0, 0.1) is 0 Å². The van der Waals surface area contributed by atoms with E-state index in [0.29, 0.717) is 35.6 Å². The molecule has 0 saturated heterocycles. The van der Waals surface area contributed by atoms with Gasteiger partial charge >= 0.3 is 18.2 Å². The number of ether oxygens (including phenoxy) is 4. The molecule has 0 unspecified atom stereocenters. The monoisotopic (exact) mass is 755 g/mol. The average Bonchev–Trinajstić information content (AvgIpc) is 3.51. The van der Waals surface area contributed by atoms with Crippen molar-refractivity contribution >= 4 is 52.5 Å². The van der Waals surface area contributed by atoms with Crippen molar-refractivity contribution in [1.29, 1.82) is 0 Å². The van der Waals surface area contributed by atoms with E-state index in [1.165, 1.54) is 4.90 Å². The van der Waals surface area contributed by atoms with E-state index < -0.39 is 25.0 Å². The fourth-order valence-electron chi connectivity index (χ4n) is 6.13. The summed E-state index contributed by atoms with van der Waals surface area (Å²) in [5, 5.41) is 3.34. The molecule has 2 aromatic carbocycles. The van der Waals surface area contributed by atoms with Gasteiger partial charge in [-0.15, -0.1) is 0 Å². The number of carbonyl (C=O) groups is 4. The molecule has 3 N–H and O–H groups in total. The van der Waals surface area contributed by atoms with Crippen LogP contribution in [0.2, 0.25) is 0 Å². The molecular weight excluding hydrogens is 706 g/mol. The third kappa shape index (κ3) is 12.0. The first-order valence-electron chi connectivity index (χ1n) is 18.7. The van der Waals surface area contributed by atoms with Gasteiger partial charge in [-0.1, -0.05) is 38.7 Å². The number of amides is 2. The number of nitrogens with two attached hydrogens (primary N) is 1. The third-order valence-electron chi connectivity index (χ3n) is 9.21. The Kier molecular flexibility index (Phi) is 15.0. The van der Waals surface area contributed by atoms with Crippen LogP contribution >= 0.6 is 0 Å². The van der Waals surface area contributed by atoms with Gasteiger partial charge in [0.1, 0.15) is 23.6 Å². The zero-order valence-electron chi connectivity index (χ0n) is 31.4. The summed E-state index contributed by atoms with van der Waals surface area (Å²) in [6.45, 7) is 2.20. The van der Waals surface area contributed by atoms with Crippen LogP contribution < -0.4 is 16.0 Å². The van der Waals surface area contributed by atoms with E-state index in [1.54, 1.807) is 48.7 Å². The van der Waals surface area contributed by atoms with Gasteiger partial charge in [0.05, 0.1) is 30.6 Å². The predicted octanol–water partition coefficient (Wildman–Crippen LogP) is 7.03. The number of esters is 1. The molecule has 5 rings (SSSR count). The van der Waals surface area contributed by atoms with E-state index in [2.05, 4.69) is 22.2 Å². The fourth-order valence-corrected chi connectivity index (χ4v) is 6.13. The van der Waals surface area contributed by atoms with Crippen LogP contribution in [-0.4, -0.2) is 70.5 Å². The summed E-state index contributed by atoms with van der Waals surface area (Å²) in [5.41, 5.74) is 9.21. The van der Waals surface area contributed by atoms with Gasteiger partial charge in [-0.05, 0) is 86.7 Å². The Morgan fingerprint density at radius 2 is 1.73 bits per heavy atom. The van der Waals surface area contributed by atoms with E-state index in [1.807, 2.05) is 29.8 Å². The number of anilines is 2. The lowest BCUT2D eigenvalue weighted by Crippen LogP contribution is -2.34. The lowest BCUT2D eigenvalue weighted by Gasteiger charge is -2.22. The van der Waals surface area contributed by atoms with E-state index >= 15 is 0 Å². The lowest BCUT2D eigenvalue weighted by molar-refractivity contribution is -0.153. The number of imidazole rings is 1. The average molecular weight is 756 g/mol. The number of carbonyl (C=O) groups excluding carboxylic acids is 4. The van der Waals surface area contributed by atoms with Crippen LogP contribution in [-0.2, 0) is 37.3 Å². The van der Waals surface area contributed by atoms with Gasteiger partial charge in [-0.2, -0.15) is 4.99 Å². The van der Waals surface area contributed by atoms with Crippen molar-refractivity contribution in [2.75, 3.05) is 30.2 Å². The van der Waals surface area contributed by atoms with Gasteiger partial charge in [0.25, 0.3) is 5.91 Å². The molecule has 1 aliphatic carbocycles. The van der Waals surface area contributed by atoms with Crippen molar-refractivity contribution < 1.29 is 38.1 Å². The molecule has 4 aromatic rings. The highest BCUT2D eigenvalue weighted by atomic mass is 16.8. The Bertz CT molecular complexity index is 1920. The second-order valence-electron chi connectivity index (χ2n) is 13.2.